The van der Waals surface area contributed by atoms with Gasteiger partial charge in [-0.05, 0) is 63.5 Å². The Balaban J connectivity index is 2.22. The number of hydrogen-bond donors (Lipinski definition) is 0. The van der Waals surface area contributed by atoms with E-state index in [0.717, 1.165) is 17.3 Å². The van der Waals surface area contributed by atoms with Crippen LogP contribution < -0.4 is 0 Å². The van der Waals surface area contributed by atoms with Crippen molar-refractivity contribution >= 4 is 15.9 Å². The third-order valence-electron chi connectivity index (χ3n) is 4.51. The molecule has 1 nitrogen and oxygen atoms in total. The summed E-state index contributed by atoms with van der Waals surface area (Å²) in [5.41, 5.74) is 0.598. The molecule has 2 heteroatoms. The summed E-state index contributed by atoms with van der Waals surface area (Å²) < 4.78 is 0. The van der Waals surface area contributed by atoms with Crippen LogP contribution in [0.25, 0.3) is 0 Å². The molecule has 17 heavy (non-hydrogen) atoms. The lowest BCUT2D eigenvalue weighted by atomic mass is 9.75. The molecule has 0 heterocycles. The SMILES string of the molecule is CC(CCBr)CCN(C)C1CCC(C)(C)CC1. The van der Waals surface area contributed by atoms with E-state index in [-0.39, 0.29) is 0 Å². The molecule has 1 fully saturated rings. The van der Waals surface area contributed by atoms with E-state index in [0.29, 0.717) is 5.41 Å². The molecule has 0 amide bonds. The molecule has 0 aliphatic heterocycles. The molecular weight excluding hydrogens is 274 g/mol. The van der Waals surface area contributed by atoms with Crippen molar-refractivity contribution in [2.45, 2.75) is 65.3 Å². The quantitative estimate of drug-likeness (QED) is 0.643. The van der Waals surface area contributed by atoms with Crippen molar-refractivity contribution in [2.24, 2.45) is 11.3 Å². The maximum atomic E-state index is 3.53. The Bertz CT molecular complexity index is 205. The molecule has 102 valence electrons. The molecule has 0 aromatic rings. The van der Waals surface area contributed by atoms with E-state index in [4.69, 9.17) is 0 Å². The van der Waals surface area contributed by atoms with E-state index < -0.39 is 0 Å². The Hall–Kier alpha value is 0.440. The summed E-state index contributed by atoms with van der Waals surface area (Å²) in [5.74, 6) is 0.858. The van der Waals surface area contributed by atoms with Crippen molar-refractivity contribution in [1.29, 1.82) is 0 Å². The van der Waals surface area contributed by atoms with E-state index >= 15 is 0 Å². The lowest BCUT2D eigenvalue weighted by Crippen LogP contribution is -2.38. The van der Waals surface area contributed by atoms with Gasteiger partial charge < -0.3 is 4.90 Å². The molecule has 0 radical (unpaired) electrons. The Morgan fingerprint density at radius 1 is 1.24 bits per heavy atom. The van der Waals surface area contributed by atoms with E-state index in [2.05, 4.69) is 48.6 Å². The van der Waals surface area contributed by atoms with Gasteiger partial charge in [0.1, 0.15) is 0 Å². The second-order valence-electron chi connectivity index (χ2n) is 6.75. The van der Waals surface area contributed by atoms with E-state index in [9.17, 15) is 0 Å². The fourth-order valence-electron chi connectivity index (χ4n) is 2.76. The summed E-state index contributed by atoms with van der Waals surface area (Å²) >= 11 is 3.53. The van der Waals surface area contributed by atoms with Gasteiger partial charge in [0.25, 0.3) is 0 Å². The Labute approximate surface area is 116 Å². The van der Waals surface area contributed by atoms with Crippen LogP contribution in [0, 0.1) is 11.3 Å². The molecule has 0 aromatic heterocycles. The standard InChI is InChI=1S/C15H30BrN/c1-13(7-11-16)8-12-17(4)14-5-9-15(2,3)10-6-14/h13-14H,5-12H2,1-4H3. The van der Waals surface area contributed by atoms with E-state index in [1.807, 2.05) is 0 Å². The van der Waals surface area contributed by atoms with Crippen LogP contribution >= 0.6 is 15.9 Å². The van der Waals surface area contributed by atoms with Crippen molar-refractivity contribution in [1.82, 2.24) is 4.90 Å². The molecule has 0 N–H and O–H groups in total. The lowest BCUT2D eigenvalue weighted by Gasteiger charge is -2.39. The van der Waals surface area contributed by atoms with Crippen molar-refractivity contribution in [3.63, 3.8) is 0 Å². The highest BCUT2D eigenvalue weighted by Crippen LogP contribution is 2.36. The molecule has 1 aliphatic rings. The first kappa shape index (κ1) is 15.5. The van der Waals surface area contributed by atoms with Gasteiger partial charge in [0.15, 0.2) is 0 Å². The third-order valence-corrected chi connectivity index (χ3v) is 4.97. The summed E-state index contributed by atoms with van der Waals surface area (Å²) in [6.07, 6.45) is 8.26. The summed E-state index contributed by atoms with van der Waals surface area (Å²) in [5, 5.41) is 1.15. The van der Waals surface area contributed by atoms with Crippen LogP contribution in [0.5, 0.6) is 0 Å². The summed E-state index contributed by atoms with van der Waals surface area (Å²) in [4.78, 5) is 2.61. The fourth-order valence-corrected chi connectivity index (χ4v) is 3.54. The monoisotopic (exact) mass is 303 g/mol. The first-order chi connectivity index (χ1) is 7.94. The molecule has 0 spiro atoms. The van der Waals surface area contributed by atoms with Crippen molar-refractivity contribution in [2.75, 3.05) is 18.9 Å². The minimum Gasteiger partial charge on any atom is -0.303 e. The van der Waals surface area contributed by atoms with Gasteiger partial charge in [-0.2, -0.15) is 0 Å². The van der Waals surface area contributed by atoms with Gasteiger partial charge in [-0.25, -0.2) is 0 Å². The van der Waals surface area contributed by atoms with Gasteiger partial charge in [0, 0.05) is 11.4 Å². The predicted molar refractivity (Wildman–Crippen MR) is 80.9 cm³/mol. The third kappa shape index (κ3) is 5.74. The van der Waals surface area contributed by atoms with Crippen LogP contribution in [0.15, 0.2) is 0 Å². The highest BCUT2D eigenvalue weighted by molar-refractivity contribution is 9.09. The normalized spacial score (nSPS) is 22.9. The predicted octanol–water partition coefficient (Wildman–Crippen LogP) is 4.70. The molecule has 0 bridgehead atoms. The average Bonchev–Trinajstić information content (AvgIpc) is 2.26. The van der Waals surface area contributed by atoms with Gasteiger partial charge >= 0.3 is 0 Å². The lowest BCUT2D eigenvalue weighted by molar-refractivity contribution is 0.123. The largest absolute Gasteiger partial charge is 0.303 e. The molecule has 1 aliphatic carbocycles. The minimum atomic E-state index is 0.598. The van der Waals surface area contributed by atoms with Gasteiger partial charge in [-0.1, -0.05) is 36.7 Å². The highest BCUT2D eigenvalue weighted by Gasteiger charge is 2.28. The Kier molecular flexibility index (Phi) is 6.50. The van der Waals surface area contributed by atoms with E-state index in [1.165, 1.54) is 45.1 Å². The zero-order valence-corrected chi connectivity index (χ0v) is 13.7. The second kappa shape index (κ2) is 7.13. The highest BCUT2D eigenvalue weighted by atomic mass is 79.9. The molecule has 1 rings (SSSR count). The smallest absolute Gasteiger partial charge is 0.00926 e. The van der Waals surface area contributed by atoms with Gasteiger partial charge in [-0.3, -0.25) is 0 Å². The van der Waals surface area contributed by atoms with Crippen molar-refractivity contribution in [3.05, 3.63) is 0 Å². The van der Waals surface area contributed by atoms with E-state index in [1.54, 1.807) is 0 Å². The maximum Gasteiger partial charge on any atom is 0.00926 e. The van der Waals surface area contributed by atoms with Crippen LogP contribution in [0.4, 0.5) is 0 Å². The van der Waals surface area contributed by atoms with Crippen LogP contribution in [0.1, 0.15) is 59.3 Å². The first-order valence-corrected chi connectivity index (χ1v) is 8.33. The van der Waals surface area contributed by atoms with Crippen molar-refractivity contribution < 1.29 is 0 Å². The summed E-state index contributed by atoms with van der Waals surface area (Å²) in [7, 11) is 2.32. The topological polar surface area (TPSA) is 3.24 Å². The minimum absolute atomic E-state index is 0.598. The molecule has 1 atom stereocenters. The molecule has 1 unspecified atom stereocenters. The second-order valence-corrected chi connectivity index (χ2v) is 7.54. The number of nitrogens with zero attached hydrogens (tertiary/aromatic N) is 1. The molecule has 1 saturated carbocycles. The van der Waals surface area contributed by atoms with Crippen molar-refractivity contribution in [3.8, 4) is 0 Å². The number of halogens is 1. The molecular formula is C15H30BrN. The fraction of sp³-hybridized carbons (Fsp3) is 1.00. The Morgan fingerprint density at radius 2 is 1.82 bits per heavy atom. The number of rotatable bonds is 6. The Morgan fingerprint density at radius 3 is 2.35 bits per heavy atom. The zero-order valence-electron chi connectivity index (χ0n) is 12.1. The number of alkyl halides is 1. The number of hydrogen-bond acceptors (Lipinski definition) is 1. The van der Waals surface area contributed by atoms with Crippen LogP contribution in [-0.4, -0.2) is 29.9 Å². The first-order valence-electron chi connectivity index (χ1n) is 7.21. The van der Waals surface area contributed by atoms with Gasteiger partial charge in [-0.15, -0.1) is 0 Å². The molecule has 0 aromatic carbocycles. The zero-order chi connectivity index (χ0) is 12.9. The van der Waals surface area contributed by atoms with Crippen LogP contribution in [0.3, 0.4) is 0 Å². The van der Waals surface area contributed by atoms with Gasteiger partial charge in [0.05, 0.1) is 0 Å². The summed E-state index contributed by atoms with van der Waals surface area (Å²) in [6.45, 7) is 8.49. The van der Waals surface area contributed by atoms with Crippen LogP contribution in [-0.2, 0) is 0 Å². The van der Waals surface area contributed by atoms with Crippen LogP contribution in [0.2, 0.25) is 0 Å². The van der Waals surface area contributed by atoms with Gasteiger partial charge in [0.2, 0.25) is 0 Å². The summed E-state index contributed by atoms with van der Waals surface area (Å²) in [6, 6.07) is 0.846. The maximum absolute atomic E-state index is 3.53. The average molecular weight is 304 g/mol. The molecule has 0 saturated heterocycles.